The van der Waals surface area contributed by atoms with Crippen molar-refractivity contribution in [2.75, 3.05) is 7.11 Å². The predicted octanol–water partition coefficient (Wildman–Crippen LogP) is 3.35. The minimum Gasteiger partial charge on any atom is -0.496 e. The van der Waals surface area contributed by atoms with Crippen molar-refractivity contribution < 1.29 is 9.13 Å². The number of hydrogen-bond acceptors (Lipinski definition) is 3. The van der Waals surface area contributed by atoms with E-state index in [2.05, 4.69) is 5.43 Å². The zero-order valence-electron chi connectivity index (χ0n) is 11.3. The highest BCUT2D eigenvalue weighted by molar-refractivity contribution is 6.31. The first-order valence-electron chi connectivity index (χ1n) is 6.12. The Balaban J connectivity index is 2.49. The number of aryl methyl sites for hydroxylation is 1. The zero-order chi connectivity index (χ0) is 14.7. The summed E-state index contributed by atoms with van der Waals surface area (Å²) < 4.78 is 18.7. The second kappa shape index (κ2) is 6.22. The minimum atomic E-state index is -0.410. The fraction of sp³-hybridized carbons (Fsp3) is 0.200. The van der Waals surface area contributed by atoms with E-state index in [0.29, 0.717) is 10.6 Å². The lowest BCUT2D eigenvalue weighted by atomic mass is 9.97. The van der Waals surface area contributed by atoms with Gasteiger partial charge in [0.1, 0.15) is 11.6 Å². The molecule has 0 aliphatic carbocycles. The van der Waals surface area contributed by atoms with Gasteiger partial charge in [-0.25, -0.2) is 9.82 Å². The first-order chi connectivity index (χ1) is 9.56. The van der Waals surface area contributed by atoms with Gasteiger partial charge in [-0.2, -0.15) is 0 Å². The van der Waals surface area contributed by atoms with Gasteiger partial charge in [-0.3, -0.25) is 5.84 Å². The average Bonchev–Trinajstić information content (AvgIpc) is 2.45. The summed E-state index contributed by atoms with van der Waals surface area (Å²) in [6.45, 7) is 1.95. The molecule has 0 aliphatic rings. The van der Waals surface area contributed by atoms with Crippen LogP contribution in [0.2, 0.25) is 5.02 Å². The van der Waals surface area contributed by atoms with Crippen LogP contribution in [0.5, 0.6) is 5.75 Å². The highest BCUT2D eigenvalue weighted by Gasteiger charge is 2.17. The van der Waals surface area contributed by atoms with Crippen LogP contribution in [0.15, 0.2) is 36.4 Å². The molecule has 0 saturated heterocycles. The van der Waals surface area contributed by atoms with Crippen LogP contribution in [0, 0.1) is 12.7 Å². The summed E-state index contributed by atoms with van der Waals surface area (Å²) in [5, 5.41) is 0.453. The average molecular weight is 295 g/mol. The Hall–Kier alpha value is -1.62. The Morgan fingerprint density at radius 2 is 2.00 bits per heavy atom. The highest BCUT2D eigenvalue weighted by atomic mass is 35.5. The van der Waals surface area contributed by atoms with Gasteiger partial charge in [0.15, 0.2) is 0 Å². The van der Waals surface area contributed by atoms with E-state index in [1.165, 1.54) is 18.2 Å². The lowest BCUT2D eigenvalue weighted by Crippen LogP contribution is -2.29. The standard InChI is InChI=1S/C15H16ClFN2O/c1-9-3-4-10(7-14(9)20-2)15(19-18)12-8-11(17)5-6-13(12)16/h3-8,15,19H,18H2,1-2H3. The quantitative estimate of drug-likeness (QED) is 0.671. The van der Waals surface area contributed by atoms with Gasteiger partial charge in [-0.1, -0.05) is 23.7 Å². The molecule has 0 fully saturated rings. The highest BCUT2D eigenvalue weighted by Crippen LogP contribution is 2.31. The molecule has 20 heavy (non-hydrogen) atoms. The molecule has 0 saturated carbocycles. The monoisotopic (exact) mass is 294 g/mol. The molecule has 0 heterocycles. The van der Waals surface area contributed by atoms with Crippen LogP contribution >= 0.6 is 11.6 Å². The number of hydrogen-bond donors (Lipinski definition) is 2. The van der Waals surface area contributed by atoms with Crippen LogP contribution in [0.4, 0.5) is 4.39 Å². The number of methoxy groups -OCH3 is 1. The van der Waals surface area contributed by atoms with E-state index in [9.17, 15) is 4.39 Å². The SMILES string of the molecule is COc1cc(C(NN)c2cc(F)ccc2Cl)ccc1C. The lowest BCUT2D eigenvalue weighted by molar-refractivity contribution is 0.410. The van der Waals surface area contributed by atoms with Crippen molar-refractivity contribution in [2.24, 2.45) is 5.84 Å². The van der Waals surface area contributed by atoms with Crippen molar-refractivity contribution in [3.8, 4) is 5.75 Å². The van der Waals surface area contributed by atoms with Gasteiger partial charge in [-0.05, 0) is 47.9 Å². The number of rotatable bonds is 4. The summed E-state index contributed by atoms with van der Waals surface area (Å²) in [4.78, 5) is 0. The van der Waals surface area contributed by atoms with E-state index in [-0.39, 0.29) is 5.82 Å². The fourth-order valence-corrected chi connectivity index (χ4v) is 2.34. The van der Waals surface area contributed by atoms with Gasteiger partial charge < -0.3 is 4.74 Å². The molecule has 2 aromatic rings. The number of nitrogens with two attached hydrogens (primary N) is 1. The Morgan fingerprint density at radius 3 is 2.65 bits per heavy atom. The first-order valence-corrected chi connectivity index (χ1v) is 6.50. The van der Waals surface area contributed by atoms with E-state index < -0.39 is 6.04 Å². The molecular formula is C15H16ClFN2O. The van der Waals surface area contributed by atoms with Crippen LogP contribution < -0.4 is 16.0 Å². The molecule has 3 nitrogen and oxygen atoms in total. The first kappa shape index (κ1) is 14.8. The zero-order valence-corrected chi connectivity index (χ0v) is 12.0. The van der Waals surface area contributed by atoms with Crippen molar-refractivity contribution in [3.63, 3.8) is 0 Å². The summed E-state index contributed by atoms with van der Waals surface area (Å²) in [6.07, 6.45) is 0. The molecule has 0 amide bonds. The van der Waals surface area contributed by atoms with Gasteiger partial charge in [0.2, 0.25) is 0 Å². The summed E-state index contributed by atoms with van der Waals surface area (Å²) in [5.41, 5.74) is 5.11. The van der Waals surface area contributed by atoms with E-state index in [0.717, 1.165) is 16.9 Å². The molecule has 5 heteroatoms. The van der Waals surface area contributed by atoms with Crippen LogP contribution in [-0.4, -0.2) is 7.11 Å². The van der Waals surface area contributed by atoms with Crippen LogP contribution in [0.3, 0.4) is 0 Å². The maximum Gasteiger partial charge on any atom is 0.123 e. The van der Waals surface area contributed by atoms with E-state index in [1.54, 1.807) is 7.11 Å². The topological polar surface area (TPSA) is 47.3 Å². The minimum absolute atomic E-state index is 0.358. The second-order valence-corrected chi connectivity index (χ2v) is 4.90. The molecule has 2 aromatic carbocycles. The van der Waals surface area contributed by atoms with Crippen molar-refractivity contribution in [1.82, 2.24) is 5.43 Å². The lowest BCUT2D eigenvalue weighted by Gasteiger charge is -2.19. The Labute approximate surface area is 122 Å². The molecule has 1 unspecified atom stereocenters. The van der Waals surface area contributed by atoms with Crippen LogP contribution in [-0.2, 0) is 0 Å². The van der Waals surface area contributed by atoms with Crippen molar-refractivity contribution in [2.45, 2.75) is 13.0 Å². The number of benzene rings is 2. The molecule has 1 atom stereocenters. The third-order valence-electron chi connectivity index (χ3n) is 3.20. The normalized spacial score (nSPS) is 12.2. The third kappa shape index (κ3) is 2.93. The molecule has 106 valence electrons. The summed E-state index contributed by atoms with van der Waals surface area (Å²) in [6, 6.07) is 9.49. The summed E-state index contributed by atoms with van der Waals surface area (Å²) >= 11 is 6.13. The van der Waals surface area contributed by atoms with Crippen molar-refractivity contribution in [3.05, 3.63) is 63.9 Å². The summed E-state index contributed by atoms with van der Waals surface area (Å²) in [5.74, 6) is 6.00. The number of ether oxygens (including phenoxy) is 1. The summed E-state index contributed by atoms with van der Waals surface area (Å²) in [7, 11) is 1.60. The third-order valence-corrected chi connectivity index (χ3v) is 3.55. The van der Waals surface area contributed by atoms with Gasteiger partial charge >= 0.3 is 0 Å². The molecule has 0 aromatic heterocycles. The molecule has 2 rings (SSSR count). The van der Waals surface area contributed by atoms with Gasteiger partial charge in [0.25, 0.3) is 0 Å². The van der Waals surface area contributed by atoms with E-state index >= 15 is 0 Å². The van der Waals surface area contributed by atoms with E-state index in [1.807, 2.05) is 25.1 Å². The molecule has 0 radical (unpaired) electrons. The Morgan fingerprint density at radius 1 is 1.25 bits per heavy atom. The van der Waals surface area contributed by atoms with Gasteiger partial charge in [0.05, 0.1) is 13.2 Å². The second-order valence-electron chi connectivity index (χ2n) is 4.49. The van der Waals surface area contributed by atoms with E-state index in [4.69, 9.17) is 22.2 Å². The fourth-order valence-electron chi connectivity index (χ4n) is 2.12. The van der Waals surface area contributed by atoms with Crippen LogP contribution in [0.25, 0.3) is 0 Å². The molecule has 0 spiro atoms. The predicted molar refractivity (Wildman–Crippen MR) is 78.3 cm³/mol. The maximum absolute atomic E-state index is 13.4. The number of halogens is 2. The molecule has 0 bridgehead atoms. The Bertz CT molecular complexity index is 619. The largest absolute Gasteiger partial charge is 0.496 e. The number of nitrogens with one attached hydrogen (secondary N) is 1. The smallest absolute Gasteiger partial charge is 0.123 e. The van der Waals surface area contributed by atoms with Crippen molar-refractivity contribution in [1.29, 1.82) is 0 Å². The maximum atomic E-state index is 13.4. The number of hydrazine groups is 1. The molecular weight excluding hydrogens is 279 g/mol. The van der Waals surface area contributed by atoms with Gasteiger partial charge in [0, 0.05) is 5.02 Å². The Kier molecular flexibility index (Phi) is 4.60. The molecule has 3 N–H and O–H groups in total. The molecule has 0 aliphatic heterocycles. The van der Waals surface area contributed by atoms with Gasteiger partial charge in [-0.15, -0.1) is 0 Å². The van der Waals surface area contributed by atoms with Crippen molar-refractivity contribution >= 4 is 11.6 Å². The van der Waals surface area contributed by atoms with Crippen LogP contribution in [0.1, 0.15) is 22.7 Å².